The Balaban J connectivity index is 2.00. The average Bonchev–Trinajstić information content (AvgIpc) is 2.51. The van der Waals surface area contributed by atoms with Crippen LogP contribution in [0.2, 0.25) is 0 Å². The minimum absolute atomic E-state index is 0.111. The molecule has 0 aliphatic heterocycles. The molecule has 5 heteroatoms. The van der Waals surface area contributed by atoms with Crippen molar-refractivity contribution in [3.05, 3.63) is 57.6 Å². The SMILES string of the molecule is Cc1cc(OCC(=O)Nc2ccccc2C#N)cc(C)c1Br. The Morgan fingerprint density at radius 3 is 2.55 bits per heavy atom. The van der Waals surface area contributed by atoms with E-state index < -0.39 is 0 Å². The van der Waals surface area contributed by atoms with E-state index in [0.29, 0.717) is 17.0 Å². The fourth-order valence-electron chi connectivity index (χ4n) is 2.01. The van der Waals surface area contributed by atoms with Crippen molar-refractivity contribution < 1.29 is 9.53 Å². The number of nitriles is 1. The van der Waals surface area contributed by atoms with Crippen molar-refractivity contribution in [2.45, 2.75) is 13.8 Å². The molecule has 0 heterocycles. The first-order valence-corrected chi connectivity index (χ1v) is 7.49. The minimum Gasteiger partial charge on any atom is -0.484 e. The average molecular weight is 359 g/mol. The van der Waals surface area contributed by atoms with Gasteiger partial charge in [-0.05, 0) is 49.2 Å². The zero-order valence-electron chi connectivity index (χ0n) is 12.3. The summed E-state index contributed by atoms with van der Waals surface area (Å²) in [5, 5.41) is 11.7. The number of ether oxygens (including phenoxy) is 1. The first kappa shape index (κ1) is 16.1. The molecule has 0 aliphatic rings. The number of hydrogen-bond donors (Lipinski definition) is 1. The summed E-state index contributed by atoms with van der Waals surface area (Å²) in [4.78, 5) is 11.9. The molecule has 0 saturated carbocycles. The largest absolute Gasteiger partial charge is 0.484 e. The Hall–Kier alpha value is -2.32. The predicted molar refractivity (Wildman–Crippen MR) is 88.9 cm³/mol. The molecule has 0 unspecified atom stereocenters. The number of benzene rings is 2. The van der Waals surface area contributed by atoms with E-state index in [1.807, 2.05) is 32.0 Å². The summed E-state index contributed by atoms with van der Waals surface area (Å²) in [6, 6.07) is 12.6. The van der Waals surface area contributed by atoms with E-state index in [0.717, 1.165) is 15.6 Å². The lowest BCUT2D eigenvalue weighted by molar-refractivity contribution is -0.118. The number of nitrogens with one attached hydrogen (secondary N) is 1. The van der Waals surface area contributed by atoms with Gasteiger partial charge in [0, 0.05) is 4.47 Å². The molecule has 2 rings (SSSR count). The number of para-hydroxylation sites is 1. The third kappa shape index (κ3) is 3.86. The smallest absolute Gasteiger partial charge is 0.262 e. The molecule has 0 aromatic heterocycles. The maximum absolute atomic E-state index is 11.9. The Bertz CT molecular complexity index is 728. The molecule has 0 radical (unpaired) electrons. The van der Waals surface area contributed by atoms with Crippen molar-refractivity contribution in [1.29, 1.82) is 5.26 Å². The molecule has 1 N–H and O–H groups in total. The summed E-state index contributed by atoms with van der Waals surface area (Å²) >= 11 is 3.49. The lowest BCUT2D eigenvalue weighted by Crippen LogP contribution is -2.20. The van der Waals surface area contributed by atoms with Gasteiger partial charge in [-0.2, -0.15) is 5.26 Å². The molecule has 22 heavy (non-hydrogen) atoms. The maximum atomic E-state index is 11.9. The molecule has 0 atom stereocenters. The predicted octanol–water partition coefficient (Wildman–Crippen LogP) is 3.96. The fourth-order valence-corrected chi connectivity index (χ4v) is 2.24. The molecule has 0 bridgehead atoms. The van der Waals surface area contributed by atoms with Crippen LogP contribution >= 0.6 is 15.9 Å². The van der Waals surface area contributed by atoms with Crippen LogP contribution in [-0.4, -0.2) is 12.5 Å². The van der Waals surface area contributed by atoms with E-state index in [4.69, 9.17) is 10.00 Å². The van der Waals surface area contributed by atoms with Crippen molar-refractivity contribution in [3.63, 3.8) is 0 Å². The summed E-state index contributed by atoms with van der Waals surface area (Å²) in [5.74, 6) is 0.336. The number of carbonyl (C=O) groups excluding carboxylic acids is 1. The van der Waals surface area contributed by atoms with Crippen LogP contribution in [0.5, 0.6) is 5.75 Å². The molecule has 0 fully saturated rings. The third-order valence-corrected chi connectivity index (χ3v) is 4.35. The lowest BCUT2D eigenvalue weighted by Gasteiger charge is -2.11. The van der Waals surface area contributed by atoms with Crippen LogP contribution in [0.15, 0.2) is 40.9 Å². The third-order valence-electron chi connectivity index (χ3n) is 3.10. The van der Waals surface area contributed by atoms with Crippen LogP contribution in [-0.2, 0) is 4.79 Å². The van der Waals surface area contributed by atoms with Gasteiger partial charge in [0.25, 0.3) is 5.91 Å². The molecule has 0 saturated heterocycles. The number of hydrogen-bond acceptors (Lipinski definition) is 3. The van der Waals surface area contributed by atoms with E-state index >= 15 is 0 Å². The van der Waals surface area contributed by atoms with Crippen molar-refractivity contribution >= 4 is 27.5 Å². The van der Waals surface area contributed by atoms with Gasteiger partial charge in [-0.1, -0.05) is 28.1 Å². The van der Waals surface area contributed by atoms with Crippen LogP contribution in [0.1, 0.15) is 16.7 Å². The summed E-state index contributed by atoms with van der Waals surface area (Å²) in [6.45, 7) is 3.82. The molecule has 112 valence electrons. The molecule has 2 aromatic rings. The van der Waals surface area contributed by atoms with Gasteiger partial charge < -0.3 is 10.1 Å². The zero-order valence-corrected chi connectivity index (χ0v) is 13.9. The Labute approximate surface area is 137 Å². The number of anilines is 1. The van der Waals surface area contributed by atoms with Gasteiger partial charge in [0.15, 0.2) is 6.61 Å². The van der Waals surface area contributed by atoms with Gasteiger partial charge in [0.1, 0.15) is 11.8 Å². The van der Waals surface area contributed by atoms with Crippen LogP contribution in [0.4, 0.5) is 5.69 Å². The molecule has 2 aromatic carbocycles. The molecule has 0 spiro atoms. The normalized spacial score (nSPS) is 9.91. The van der Waals surface area contributed by atoms with Gasteiger partial charge in [-0.3, -0.25) is 4.79 Å². The van der Waals surface area contributed by atoms with E-state index in [2.05, 4.69) is 21.2 Å². The van der Waals surface area contributed by atoms with Gasteiger partial charge >= 0.3 is 0 Å². The summed E-state index contributed by atoms with van der Waals surface area (Å²) in [7, 11) is 0. The number of rotatable bonds is 4. The number of carbonyl (C=O) groups is 1. The molecular weight excluding hydrogens is 344 g/mol. The fraction of sp³-hybridized carbons (Fsp3) is 0.176. The van der Waals surface area contributed by atoms with Crippen molar-refractivity contribution in [3.8, 4) is 11.8 Å². The summed E-state index contributed by atoms with van der Waals surface area (Å²) < 4.78 is 6.55. The Kier molecular flexibility index (Phi) is 5.18. The van der Waals surface area contributed by atoms with Crippen molar-refractivity contribution in [2.24, 2.45) is 0 Å². The minimum atomic E-state index is -0.305. The highest BCUT2D eigenvalue weighted by atomic mass is 79.9. The highest BCUT2D eigenvalue weighted by molar-refractivity contribution is 9.10. The molecule has 0 aliphatic carbocycles. The summed E-state index contributed by atoms with van der Waals surface area (Å²) in [6.07, 6.45) is 0. The summed E-state index contributed by atoms with van der Waals surface area (Å²) in [5.41, 5.74) is 3.00. The Morgan fingerprint density at radius 1 is 1.27 bits per heavy atom. The number of amides is 1. The second kappa shape index (κ2) is 7.10. The maximum Gasteiger partial charge on any atom is 0.262 e. The Morgan fingerprint density at radius 2 is 1.91 bits per heavy atom. The van der Waals surface area contributed by atoms with Gasteiger partial charge in [-0.25, -0.2) is 0 Å². The van der Waals surface area contributed by atoms with Gasteiger partial charge in [0.05, 0.1) is 11.3 Å². The highest BCUT2D eigenvalue weighted by Gasteiger charge is 2.08. The monoisotopic (exact) mass is 358 g/mol. The van der Waals surface area contributed by atoms with Crippen LogP contribution in [0.25, 0.3) is 0 Å². The molecule has 4 nitrogen and oxygen atoms in total. The van der Waals surface area contributed by atoms with E-state index in [9.17, 15) is 4.79 Å². The number of nitrogens with zero attached hydrogens (tertiary/aromatic N) is 1. The number of halogens is 1. The second-order valence-electron chi connectivity index (χ2n) is 4.87. The van der Waals surface area contributed by atoms with Crippen molar-refractivity contribution in [2.75, 3.05) is 11.9 Å². The molecular formula is C17H15BrN2O2. The topological polar surface area (TPSA) is 62.1 Å². The van der Waals surface area contributed by atoms with E-state index in [-0.39, 0.29) is 12.5 Å². The second-order valence-corrected chi connectivity index (χ2v) is 5.66. The van der Waals surface area contributed by atoms with E-state index in [1.165, 1.54) is 0 Å². The van der Waals surface area contributed by atoms with Crippen LogP contribution < -0.4 is 10.1 Å². The molecule has 1 amide bonds. The standard InChI is InChI=1S/C17H15BrN2O2/c1-11-7-14(8-12(2)17(11)18)22-10-16(21)20-15-6-4-3-5-13(15)9-19/h3-8H,10H2,1-2H3,(H,20,21). The first-order valence-electron chi connectivity index (χ1n) is 6.70. The van der Waals surface area contributed by atoms with Crippen molar-refractivity contribution in [1.82, 2.24) is 0 Å². The quantitative estimate of drug-likeness (QED) is 0.899. The first-order chi connectivity index (χ1) is 10.5. The van der Waals surface area contributed by atoms with Gasteiger partial charge in [-0.15, -0.1) is 0 Å². The van der Waals surface area contributed by atoms with Crippen LogP contribution in [0.3, 0.4) is 0 Å². The highest BCUT2D eigenvalue weighted by Crippen LogP contribution is 2.26. The lowest BCUT2D eigenvalue weighted by atomic mass is 10.1. The zero-order chi connectivity index (χ0) is 16.1. The van der Waals surface area contributed by atoms with E-state index in [1.54, 1.807) is 24.3 Å². The van der Waals surface area contributed by atoms with Crippen LogP contribution in [0, 0.1) is 25.2 Å². The number of aryl methyl sites for hydroxylation is 2. The van der Waals surface area contributed by atoms with Gasteiger partial charge in [0.2, 0.25) is 0 Å².